The molecule has 0 radical (unpaired) electrons. The van der Waals surface area contributed by atoms with Crippen molar-refractivity contribution in [2.45, 2.75) is 20.3 Å². The van der Waals surface area contributed by atoms with Gasteiger partial charge in [-0.05, 0) is 25.0 Å². The van der Waals surface area contributed by atoms with Gasteiger partial charge in [-0.2, -0.15) is 0 Å². The first-order valence-corrected chi connectivity index (χ1v) is 3.44. The van der Waals surface area contributed by atoms with E-state index in [4.69, 9.17) is 0 Å². The van der Waals surface area contributed by atoms with Crippen LogP contribution in [0.2, 0.25) is 0 Å². The van der Waals surface area contributed by atoms with E-state index in [1.807, 2.05) is 6.08 Å². The first-order chi connectivity index (χ1) is 4.34. The van der Waals surface area contributed by atoms with Gasteiger partial charge in [-0.25, -0.2) is 0 Å². The molecule has 1 aliphatic rings. The molecule has 0 spiro atoms. The highest BCUT2D eigenvalue weighted by Crippen LogP contribution is 2.17. The molecule has 0 saturated carbocycles. The largest absolute Gasteiger partial charge is 0.121 e. The lowest BCUT2D eigenvalue weighted by Gasteiger charge is -2.09. The van der Waals surface area contributed by atoms with E-state index in [9.17, 15) is 0 Å². The van der Waals surface area contributed by atoms with Gasteiger partial charge in [0.05, 0.1) is 0 Å². The van der Waals surface area contributed by atoms with Crippen molar-refractivity contribution in [1.29, 1.82) is 0 Å². The van der Waals surface area contributed by atoms with E-state index in [2.05, 4.69) is 31.7 Å². The predicted octanol–water partition coefficient (Wildman–Crippen LogP) is 2.68. The number of allylic oxidation sites excluding steroid dienone is 3. The minimum atomic E-state index is 0.648. The molecule has 1 atom stereocenters. The van der Waals surface area contributed by atoms with E-state index in [0.29, 0.717) is 5.92 Å². The van der Waals surface area contributed by atoms with Crippen LogP contribution in [0.25, 0.3) is 0 Å². The molecular formula is C9H12. The maximum absolute atomic E-state index is 3.19. The molecule has 0 N–H and O–H groups in total. The fourth-order valence-electron chi connectivity index (χ4n) is 1.06. The average Bonchev–Trinajstić information content (AvgIpc) is 1.89. The van der Waals surface area contributed by atoms with Crippen LogP contribution in [-0.4, -0.2) is 0 Å². The molecule has 0 heterocycles. The first-order valence-electron chi connectivity index (χ1n) is 3.44. The van der Waals surface area contributed by atoms with Gasteiger partial charge >= 0.3 is 0 Å². The van der Waals surface area contributed by atoms with Crippen LogP contribution < -0.4 is 0 Å². The number of hydrogen-bond donors (Lipinski definition) is 0. The van der Waals surface area contributed by atoms with Crippen molar-refractivity contribution < 1.29 is 0 Å². The van der Waals surface area contributed by atoms with Crippen molar-refractivity contribution in [3.05, 3.63) is 29.5 Å². The van der Waals surface area contributed by atoms with E-state index in [-0.39, 0.29) is 0 Å². The Morgan fingerprint density at radius 3 is 2.89 bits per heavy atom. The minimum Gasteiger partial charge on any atom is -0.121 e. The lowest BCUT2D eigenvalue weighted by Crippen LogP contribution is -1.96. The van der Waals surface area contributed by atoms with Gasteiger partial charge in [0.25, 0.3) is 0 Å². The van der Waals surface area contributed by atoms with E-state index in [1.54, 1.807) is 0 Å². The van der Waals surface area contributed by atoms with Crippen LogP contribution in [0.3, 0.4) is 0 Å². The molecule has 9 heavy (non-hydrogen) atoms. The molecule has 0 amide bonds. The summed E-state index contributed by atoms with van der Waals surface area (Å²) in [6.45, 7) is 4.33. The van der Waals surface area contributed by atoms with E-state index in [1.165, 1.54) is 12.0 Å². The summed E-state index contributed by atoms with van der Waals surface area (Å²) in [5.41, 5.74) is 4.55. The zero-order valence-electron chi connectivity index (χ0n) is 6.02. The summed E-state index contributed by atoms with van der Waals surface area (Å²) in [4.78, 5) is 0. The highest BCUT2D eigenvalue weighted by atomic mass is 14.1. The highest BCUT2D eigenvalue weighted by Gasteiger charge is 2.03. The Morgan fingerprint density at radius 2 is 2.44 bits per heavy atom. The molecule has 0 heteroatoms. The molecule has 1 aliphatic carbocycles. The predicted molar refractivity (Wildman–Crippen MR) is 40.2 cm³/mol. The van der Waals surface area contributed by atoms with Gasteiger partial charge in [-0.1, -0.05) is 19.1 Å². The molecule has 0 aromatic heterocycles. The van der Waals surface area contributed by atoms with Crippen molar-refractivity contribution in [2.75, 3.05) is 0 Å². The normalized spacial score (nSPS) is 24.2. The lowest BCUT2D eigenvalue weighted by atomic mass is 9.96. The number of rotatable bonds is 1. The third-order valence-electron chi connectivity index (χ3n) is 1.75. The third kappa shape index (κ3) is 1.34. The molecule has 0 fully saturated rings. The van der Waals surface area contributed by atoms with Crippen molar-refractivity contribution in [2.24, 2.45) is 5.92 Å². The molecule has 48 valence electrons. The molecular weight excluding hydrogens is 108 g/mol. The summed E-state index contributed by atoms with van der Waals surface area (Å²) in [6.07, 6.45) is 7.47. The van der Waals surface area contributed by atoms with Crippen molar-refractivity contribution in [3.8, 4) is 0 Å². The summed E-state index contributed by atoms with van der Waals surface area (Å²) >= 11 is 0. The Morgan fingerprint density at radius 1 is 1.67 bits per heavy atom. The van der Waals surface area contributed by atoms with Crippen molar-refractivity contribution >= 4 is 0 Å². The van der Waals surface area contributed by atoms with Crippen LogP contribution in [0.4, 0.5) is 0 Å². The Hall–Kier alpha value is -0.740. The lowest BCUT2D eigenvalue weighted by molar-refractivity contribution is 0.725. The molecule has 1 rings (SSSR count). The smallest absolute Gasteiger partial charge is 0.00506 e. The SMILES string of the molecule is CCC1C=CC=C=C1C. The van der Waals surface area contributed by atoms with Crippen LogP contribution >= 0.6 is 0 Å². The standard InChI is InChI=1S/C9H12/c1-3-9-7-5-4-6-8(9)2/h4-5,7,9H,3H2,1-2H3. The molecule has 0 bridgehead atoms. The quantitative estimate of drug-likeness (QED) is 0.467. The zero-order chi connectivity index (χ0) is 6.69. The summed E-state index contributed by atoms with van der Waals surface area (Å²) < 4.78 is 0. The Labute approximate surface area is 56.6 Å². The van der Waals surface area contributed by atoms with Gasteiger partial charge in [0, 0.05) is 5.92 Å². The number of hydrogen-bond acceptors (Lipinski definition) is 0. The molecule has 0 saturated heterocycles. The molecule has 0 aromatic carbocycles. The second kappa shape index (κ2) is 2.70. The van der Waals surface area contributed by atoms with E-state index in [0.717, 1.165) is 0 Å². The van der Waals surface area contributed by atoms with E-state index < -0.39 is 0 Å². The summed E-state index contributed by atoms with van der Waals surface area (Å²) in [7, 11) is 0. The van der Waals surface area contributed by atoms with Crippen LogP contribution in [0.15, 0.2) is 29.5 Å². The van der Waals surface area contributed by atoms with Crippen molar-refractivity contribution in [1.82, 2.24) is 0 Å². The van der Waals surface area contributed by atoms with Crippen LogP contribution in [-0.2, 0) is 0 Å². The van der Waals surface area contributed by atoms with Gasteiger partial charge in [-0.15, -0.1) is 5.73 Å². The first kappa shape index (κ1) is 6.38. The monoisotopic (exact) mass is 120 g/mol. The molecule has 0 aliphatic heterocycles. The van der Waals surface area contributed by atoms with Gasteiger partial charge < -0.3 is 0 Å². The third-order valence-corrected chi connectivity index (χ3v) is 1.75. The second-order valence-electron chi connectivity index (χ2n) is 2.39. The van der Waals surface area contributed by atoms with E-state index >= 15 is 0 Å². The van der Waals surface area contributed by atoms with Gasteiger partial charge in [0.2, 0.25) is 0 Å². The average molecular weight is 120 g/mol. The zero-order valence-corrected chi connectivity index (χ0v) is 6.02. The second-order valence-corrected chi connectivity index (χ2v) is 2.39. The summed E-state index contributed by atoms with van der Waals surface area (Å²) in [6, 6.07) is 0. The fraction of sp³-hybridized carbons (Fsp3) is 0.444. The maximum atomic E-state index is 3.19. The van der Waals surface area contributed by atoms with Gasteiger partial charge in [0.1, 0.15) is 0 Å². The van der Waals surface area contributed by atoms with Crippen LogP contribution in [0.5, 0.6) is 0 Å². The Bertz CT molecular complexity index is 178. The minimum absolute atomic E-state index is 0.648. The topological polar surface area (TPSA) is 0 Å². The summed E-state index contributed by atoms with van der Waals surface area (Å²) in [5, 5.41) is 0. The molecule has 1 unspecified atom stereocenters. The van der Waals surface area contributed by atoms with Crippen molar-refractivity contribution in [3.63, 3.8) is 0 Å². The Balaban J connectivity index is 2.78. The van der Waals surface area contributed by atoms with Gasteiger partial charge in [-0.3, -0.25) is 0 Å². The van der Waals surface area contributed by atoms with Crippen LogP contribution in [0.1, 0.15) is 20.3 Å². The highest BCUT2D eigenvalue weighted by molar-refractivity contribution is 5.20. The van der Waals surface area contributed by atoms with Crippen LogP contribution in [0, 0.1) is 5.92 Å². The Kier molecular flexibility index (Phi) is 1.92. The summed E-state index contributed by atoms with van der Waals surface area (Å²) in [5.74, 6) is 0.648. The molecule has 0 aromatic rings. The molecule has 0 nitrogen and oxygen atoms in total. The van der Waals surface area contributed by atoms with Gasteiger partial charge in [0.15, 0.2) is 0 Å². The maximum Gasteiger partial charge on any atom is 0.00506 e. The fourth-order valence-corrected chi connectivity index (χ4v) is 1.06.